The molecule has 5 atom stereocenters. The van der Waals surface area contributed by atoms with Gasteiger partial charge in [-0.05, 0) is 6.92 Å². The monoisotopic (exact) mass is 310 g/mol. The van der Waals surface area contributed by atoms with E-state index in [9.17, 15) is 19.5 Å². The number of carbonyl (C=O) groups excluding carboxylic acids is 1. The van der Waals surface area contributed by atoms with Gasteiger partial charge < -0.3 is 14.6 Å². The number of fused-ring (bicyclic) bond motifs is 1. The zero-order chi connectivity index (χ0) is 16.0. The third-order valence-corrected chi connectivity index (χ3v) is 4.32. The first-order valence-corrected chi connectivity index (χ1v) is 7.19. The second kappa shape index (κ2) is 5.36. The van der Waals surface area contributed by atoms with Gasteiger partial charge >= 0.3 is 11.7 Å². The molecular formula is C14H18N2O6. The normalized spacial score (nSPS) is 33.7. The molecule has 0 spiro atoms. The van der Waals surface area contributed by atoms with Gasteiger partial charge in [0.2, 0.25) is 0 Å². The van der Waals surface area contributed by atoms with Crippen LogP contribution in [0.25, 0.3) is 0 Å². The highest BCUT2D eigenvalue weighted by molar-refractivity contribution is 5.66. The van der Waals surface area contributed by atoms with Crippen molar-refractivity contribution in [1.82, 2.24) is 9.55 Å². The number of rotatable bonds is 2. The number of nitrogens with one attached hydrogen (secondary N) is 1. The number of hydrogen-bond acceptors (Lipinski definition) is 6. The van der Waals surface area contributed by atoms with E-state index in [1.807, 2.05) is 0 Å². The SMILES string of the molecule is CC(=O)O[C@@H]1C[C@@H](O)[C@@H]2CC(n3cc(C)c(=O)[nH]c3=O)O[C@@H]21. The number of hydrogen-bond donors (Lipinski definition) is 2. The Morgan fingerprint density at radius 3 is 2.86 bits per heavy atom. The van der Waals surface area contributed by atoms with Gasteiger partial charge in [-0.1, -0.05) is 0 Å². The molecule has 3 rings (SSSR count). The molecule has 0 amide bonds. The van der Waals surface area contributed by atoms with E-state index in [2.05, 4.69) is 4.98 Å². The Labute approximate surface area is 125 Å². The molecule has 2 heterocycles. The van der Waals surface area contributed by atoms with E-state index in [0.29, 0.717) is 18.4 Å². The lowest BCUT2D eigenvalue weighted by atomic mass is 10.0. The summed E-state index contributed by atoms with van der Waals surface area (Å²) in [5, 5.41) is 10.1. The molecule has 0 bridgehead atoms. The number of nitrogens with zero attached hydrogens (tertiary/aromatic N) is 1. The van der Waals surface area contributed by atoms with E-state index in [1.165, 1.54) is 17.7 Å². The Bertz CT molecular complexity index is 708. The van der Waals surface area contributed by atoms with Gasteiger partial charge in [0.15, 0.2) is 0 Å². The Morgan fingerprint density at radius 2 is 2.18 bits per heavy atom. The van der Waals surface area contributed by atoms with Gasteiger partial charge in [-0.2, -0.15) is 0 Å². The quantitative estimate of drug-likeness (QED) is 0.709. The highest BCUT2D eigenvalue weighted by Gasteiger charge is 2.51. The van der Waals surface area contributed by atoms with Crippen molar-refractivity contribution in [2.24, 2.45) is 5.92 Å². The fourth-order valence-electron chi connectivity index (χ4n) is 3.30. The number of ether oxygens (including phenoxy) is 2. The molecule has 22 heavy (non-hydrogen) atoms. The van der Waals surface area contributed by atoms with Crippen LogP contribution in [-0.2, 0) is 14.3 Å². The Hall–Kier alpha value is -1.93. The van der Waals surface area contributed by atoms with E-state index in [4.69, 9.17) is 9.47 Å². The van der Waals surface area contributed by atoms with Crippen molar-refractivity contribution < 1.29 is 19.4 Å². The summed E-state index contributed by atoms with van der Waals surface area (Å²) in [6, 6.07) is 0. The average molecular weight is 310 g/mol. The van der Waals surface area contributed by atoms with Crippen molar-refractivity contribution >= 4 is 5.97 Å². The van der Waals surface area contributed by atoms with Crippen LogP contribution in [0.3, 0.4) is 0 Å². The van der Waals surface area contributed by atoms with Crippen LogP contribution >= 0.6 is 0 Å². The molecule has 1 aromatic heterocycles. The lowest BCUT2D eigenvalue weighted by molar-refractivity contribution is -0.154. The van der Waals surface area contributed by atoms with Crippen LogP contribution in [0.15, 0.2) is 15.8 Å². The van der Waals surface area contributed by atoms with Crippen LogP contribution in [-0.4, -0.2) is 38.9 Å². The smallest absolute Gasteiger partial charge is 0.330 e. The van der Waals surface area contributed by atoms with Gasteiger partial charge in [-0.3, -0.25) is 19.1 Å². The summed E-state index contributed by atoms with van der Waals surface area (Å²) in [6.45, 7) is 2.91. The maximum Gasteiger partial charge on any atom is 0.330 e. The van der Waals surface area contributed by atoms with E-state index in [-0.39, 0.29) is 5.92 Å². The second-order valence-electron chi connectivity index (χ2n) is 5.88. The molecule has 8 heteroatoms. The summed E-state index contributed by atoms with van der Waals surface area (Å²) < 4.78 is 12.3. The first kappa shape index (κ1) is 15.0. The zero-order valence-electron chi connectivity index (χ0n) is 12.3. The Kier molecular flexibility index (Phi) is 3.65. The number of aliphatic hydroxyl groups is 1. The van der Waals surface area contributed by atoms with Gasteiger partial charge in [-0.15, -0.1) is 0 Å². The molecule has 1 saturated carbocycles. The summed E-state index contributed by atoms with van der Waals surface area (Å²) in [5.41, 5.74) is -0.589. The maximum atomic E-state index is 11.9. The van der Waals surface area contributed by atoms with Crippen molar-refractivity contribution in [3.63, 3.8) is 0 Å². The van der Waals surface area contributed by atoms with Gasteiger partial charge in [0.25, 0.3) is 5.56 Å². The molecule has 120 valence electrons. The van der Waals surface area contributed by atoms with Gasteiger partial charge in [-0.25, -0.2) is 4.79 Å². The Balaban J connectivity index is 1.86. The van der Waals surface area contributed by atoms with Crippen LogP contribution in [0.1, 0.15) is 31.6 Å². The standard InChI is InChI=1S/C14H18N2O6/c1-6-5-16(14(20)15-13(6)19)11-3-8-9(18)4-10(12(8)22-11)21-7(2)17/h5,8-12,18H,3-4H2,1-2H3,(H,15,19,20)/t8-,9+,10+,11?,12-/m0/s1. The fourth-order valence-corrected chi connectivity index (χ4v) is 3.30. The summed E-state index contributed by atoms with van der Waals surface area (Å²) >= 11 is 0. The molecule has 1 aromatic rings. The third-order valence-electron chi connectivity index (χ3n) is 4.32. The van der Waals surface area contributed by atoms with Crippen LogP contribution in [0.2, 0.25) is 0 Å². The minimum absolute atomic E-state index is 0.200. The zero-order valence-corrected chi connectivity index (χ0v) is 12.3. The fraction of sp³-hybridized carbons (Fsp3) is 0.643. The first-order chi connectivity index (χ1) is 10.4. The molecule has 1 unspecified atom stereocenters. The largest absolute Gasteiger partial charge is 0.460 e. The Morgan fingerprint density at radius 1 is 1.45 bits per heavy atom. The molecule has 2 N–H and O–H groups in total. The van der Waals surface area contributed by atoms with Crippen LogP contribution in [0, 0.1) is 12.8 Å². The van der Waals surface area contributed by atoms with Crippen molar-refractivity contribution in [3.8, 4) is 0 Å². The first-order valence-electron chi connectivity index (χ1n) is 7.19. The number of esters is 1. The number of aromatic nitrogens is 2. The highest BCUT2D eigenvalue weighted by atomic mass is 16.6. The summed E-state index contributed by atoms with van der Waals surface area (Å²) in [4.78, 5) is 36.7. The molecule has 1 saturated heterocycles. The summed E-state index contributed by atoms with van der Waals surface area (Å²) in [6.07, 6.45) is 0.0195. The lowest BCUT2D eigenvalue weighted by Gasteiger charge is -2.20. The summed E-state index contributed by atoms with van der Waals surface area (Å²) in [5.74, 6) is -0.629. The minimum atomic E-state index is -0.640. The molecule has 0 radical (unpaired) electrons. The number of aliphatic hydroxyl groups excluding tert-OH is 1. The molecule has 1 aliphatic heterocycles. The lowest BCUT2D eigenvalue weighted by Crippen LogP contribution is -2.34. The van der Waals surface area contributed by atoms with Crippen molar-refractivity contribution in [2.75, 3.05) is 0 Å². The third kappa shape index (κ3) is 2.48. The van der Waals surface area contributed by atoms with Gasteiger partial charge in [0, 0.05) is 37.4 Å². The topological polar surface area (TPSA) is 111 Å². The molecular weight excluding hydrogens is 292 g/mol. The molecule has 1 aliphatic carbocycles. The van der Waals surface area contributed by atoms with Crippen molar-refractivity contribution in [3.05, 3.63) is 32.6 Å². The second-order valence-corrected chi connectivity index (χ2v) is 5.88. The number of aryl methyl sites for hydroxylation is 1. The predicted octanol–water partition coefficient (Wildman–Crippen LogP) is -0.555. The number of aromatic amines is 1. The van der Waals surface area contributed by atoms with Crippen LogP contribution < -0.4 is 11.2 Å². The van der Waals surface area contributed by atoms with Gasteiger partial charge in [0.1, 0.15) is 18.4 Å². The molecule has 0 aromatic carbocycles. The minimum Gasteiger partial charge on any atom is -0.460 e. The van der Waals surface area contributed by atoms with E-state index in [0.717, 1.165) is 0 Å². The molecule has 2 fully saturated rings. The number of H-pyrrole nitrogens is 1. The highest BCUT2D eigenvalue weighted by Crippen LogP contribution is 2.44. The van der Waals surface area contributed by atoms with Crippen molar-refractivity contribution in [1.29, 1.82) is 0 Å². The van der Waals surface area contributed by atoms with E-state index >= 15 is 0 Å². The predicted molar refractivity (Wildman–Crippen MR) is 74.3 cm³/mol. The van der Waals surface area contributed by atoms with E-state index in [1.54, 1.807) is 6.92 Å². The molecule has 8 nitrogen and oxygen atoms in total. The van der Waals surface area contributed by atoms with Gasteiger partial charge in [0.05, 0.1) is 6.10 Å². The van der Waals surface area contributed by atoms with Crippen LogP contribution in [0.4, 0.5) is 0 Å². The van der Waals surface area contributed by atoms with Crippen LogP contribution in [0.5, 0.6) is 0 Å². The number of carbonyl (C=O) groups is 1. The average Bonchev–Trinajstić information content (AvgIpc) is 2.96. The summed E-state index contributed by atoms with van der Waals surface area (Å²) in [7, 11) is 0. The molecule has 2 aliphatic rings. The van der Waals surface area contributed by atoms with E-state index < -0.39 is 41.8 Å². The van der Waals surface area contributed by atoms with Crippen molar-refractivity contribution in [2.45, 2.75) is 51.2 Å². The maximum absolute atomic E-state index is 11.9.